The van der Waals surface area contributed by atoms with E-state index in [9.17, 15) is 17.6 Å². The first kappa shape index (κ1) is 22.4. The van der Waals surface area contributed by atoms with Gasteiger partial charge in [0, 0.05) is 16.3 Å². The largest absolute Gasteiger partial charge is 0.495 e. The summed E-state index contributed by atoms with van der Waals surface area (Å²) >= 11 is 9.27. The Morgan fingerprint density at radius 1 is 1.19 bits per heavy atom. The highest BCUT2D eigenvalue weighted by Gasteiger charge is 2.25. The molecule has 0 radical (unpaired) electrons. The van der Waals surface area contributed by atoms with Crippen molar-refractivity contribution in [3.05, 3.63) is 87.2 Å². The molecule has 6 nitrogen and oxygen atoms in total. The minimum atomic E-state index is -4.11. The second-order valence-corrected chi connectivity index (χ2v) is 9.94. The zero-order valence-electron chi connectivity index (χ0n) is 16.6. The molecule has 0 unspecified atom stereocenters. The predicted octanol–water partition coefficient (Wildman–Crippen LogP) is 5.26. The highest BCUT2D eigenvalue weighted by atomic mass is 79.9. The number of ketones is 1. The van der Waals surface area contributed by atoms with Crippen LogP contribution in [0.4, 0.5) is 4.39 Å². The maximum Gasteiger partial charge on any atom is 0.287 e. The Morgan fingerprint density at radius 2 is 1.97 bits per heavy atom. The minimum absolute atomic E-state index is 0.0189. The summed E-state index contributed by atoms with van der Waals surface area (Å²) in [4.78, 5) is 12.6. The molecule has 0 spiro atoms. The van der Waals surface area contributed by atoms with E-state index in [4.69, 9.17) is 16.3 Å². The van der Waals surface area contributed by atoms with Gasteiger partial charge in [-0.05, 0) is 42.0 Å². The van der Waals surface area contributed by atoms with Crippen molar-refractivity contribution in [1.82, 2.24) is 9.19 Å². The van der Waals surface area contributed by atoms with Crippen molar-refractivity contribution in [1.29, 1.82) is 0 Å². The first-order chi connectivity index (χ1) is 15.2. The van der Waals surface area contributed by atoms with Crippen molar-refractivity contribution in [3.8, 4) is 5.75 Å². The molecule has 0 aliphatic carbocycles. The Balaban J connectivity index is 1.77. The SMILES string of the molecule is COc1ccc(Br)cc1S(=O)(=O)n1ncc2ccc(CC(=O)c3c(F)cccc3Cl)cc21. The van der Waals surface area contributed by atoms with Gasteiger partial charge < -0.3 is 4.74 Å². The Bertz CT molecular complexity index is 1450. The number of hydrogen-bond acceptors (Lipinski definition) is 5. The van der Waals surface area contributed by atoms with Gasteiger partial charge in [-0.25, -0.2) is 4.39 Å². The molecule has 0 atom stereocenters. The van der Waals surface area contributed by atoms with Gasteiger partial charge in [0.2, 0.25) is 0 Å². The number of rotatable bonds is 6. The lowest BCUT2D eigenvalue weighted by Crippen LogP contribution is -2.15. The highest BCUT2D eigenvalue weighted by molar-refractivity contribution is 9.10. The van der Waals surface area contributed by atoms with Crippen molar-refractivity contribution in [2.24, 2.45) is 0 Å². The maximum atomic E-state index is 14.1. The Kier molecular flexibility index (Phi) is 6.07. The van der Waals surface area contributed by atoms with Crippen molar-refractivity contribution in [2.75, 3.05) is 7.11 Å². The summed E-state index contributed by atoms with van der Waals surface area (Å²) in [5.74, 6) is -1.06. The van der Waals surface area contributed by atoms with E-state index in [0.29, 0.717) is 15.4 Å². The van der Waals surface area contributed by atoms with Crippen LogP contribution in [0.5, 0.6) is 5.75 Å². The van der Waals surface area contributed by atoms with E-state index < -0.39 is 21.6 Å². The molecule has 0 fully saturated rings. The number of halogens is 3. The van der Waals surface area contributed by atoms with Crippen molar-refractivity contribution in [2.45, 2.75) is 11.3 Å². The van der Waals surface area contributed by atoms with Gasteiger partial charge in [0.1, 0.15) is 16.5 Å². The molecule has 0 N–H and O–H groups in total. The van der Waals surface area contributed by atoms with E-state index in [1.807, 2.05) is 0 Å². The van der Waals surface area contributed by atoms with Gasteiger partial charge in [0.15, 0.2) is 5.78 Å². The number of carbonyl (C=O) groups excluding carboxylic acids is 1. The second-order valence-electron chi connectivity index (χ2n) is 6.88. The molecule has 0 aliphatic heterocycles. The van der Waals surface area contributed by atoms with Crippen LogP contribution >= 0.6 is 27.5 Å². The van der Waals surface area contributed by atoms with Crippen LogP contribution in [0.1, 0.15) is 15.9 Å². The molecule has 0 bridgehead atoms. The summed E-state index contributed by atoms with van der Waals surface area (Å²) in [7, 11) is -2.74. The molecule has 164 valence electrons. The lowest BCUT2D eigenvalue weighted by molar-refractivity contribution is 0.0989. The standard InChI is InChI=1S/C22H15BrClFN2O4S/c1-31-20-8-7-15(23)11-21(20)32(29,30)27-18-9-13(5-6-14(18)12-26-27)10-19(28)22-16(24)3-2-4-17(22)25/h2-9,11-12H,10H2,1H3. The first-order valence-electron chi connectivity index (χ1n) is 9.25. The maximum absolute atomic E-state index is 14.1. The van der Waals surface area contributed by atoms with E-state index in [-0.39, 0.29) is 33.2 Å². The fraction of sp³-hybridized carbons (Fsp3) is 0.0909. The quantitative estimate of drug-likeness (QED) is 0.314. The molecule has 4 rings (SSSR count). The van der Waals surface area contributed by atoms with Gasteiger partial charge in [0.05, 0.1) is 29.4 Å². The Hall–Kier alpha value is -2.75. The van der Waals surface area contributed by atoms with Crippen molar-refractivity contribution >= 4 is 54.2 Å². The Morgan fingerprint density at radius 3 is 2.69 bits per heavy atom. The van der Waals surface area contributed by atoms with Crippen LogP contribution in [0.15, 0.2) is 70.2 Å². The molecular formula is C22H15BrClFN2O4S. The summed E-state index contributed by atoms with van der Waals surface area (Å²) in [5, 5.41) is 4.62. The van der Waals surface area contributed by atoms with E-state index in [2.05, 4.69) is 21.0 Å². The number of carbonyl (C=O) groups is 1. The zero-order chi connectivity index (χ0) is 23.0. The number of ether oxygens (including phenoxy) is 1. The minimum Gasteiger partial charge on any atom is -0.495 e. The number of fused-ring (bicyclic) bond motifs is 1. The van der Waals surface area contributed by atoms with E-state index in [1.165, 1.54) is 43.6 Å². The summed E-state index contributed by atoms with van der Waals surface area (Å²) in [5.41, 5.74) is 0.561. The lowest BCUT2D eigenvalue weighted by atomic mass is 10.0. The molecule has 4 aromatic rings. The summed E-state index contributed by atoms with van der Waals surface area (Å²) in [6, 6.07) is 13.5. The average Bonchev–Trinajstić information content (AvgIpc) is 3.17. The lowest BCUT2D eigenvalue weighted by Gasteiger charge is -2.11. The van der Waals surface area contributed by atoms with Gasteiger partial charge in [-0.3, -0.25) is 4.79 Å². The van der Waals surface area contributed by atoms with Gasteiger partial charge in [-0.2, -0.15) is 17.6 Å². The molecule has 1 heterocycles. The summed E-state index contributed by atoms with van der Waals surface area (Å²) < 4.78 is 47.5. The average molecular weight is 538 g/mol. The number of Topliss-reactive ketones (excluding diaryl/α,β-unsaturated/α-hetero) is 1. The number of nitrogens with zero attached hydrogens (tertiary/aromatic N) is 2. The van der Waals surface area contributed by atoms with Crippen LogP contribution in [0, 0.1) is 5.82 Å². The fourth-order valence-corrected chi connectivity index (χ4v) is 5.56. The molecule has 0 aliphatic rings. The third-order valence-electron chi connectivity index (χ3n) is 4.84. The van der Waals surface area contributed by atoms with Gasteiger partial charge >= 0.3 is 0 Å². The first-order valence-corrected chi connectivity index (χ1v) is 11.9. The predicted molar refractivity (Wildman–Crippen MR) is 122 cm³/mol. The van der Waals surface area contributed by atoms with Crippen LogP contribution in [0.2, 0.25) is 5.02 Å². The van der Waals surface area contributed by atoms with Crippen LogP contribution in [-0.2, 0) is 16.4 Å². The molecule has 0 amide bonds. The van der Waals surface area contributed by atoms with Crippen LogP contribution in [-0.4, -0.2) is 30.5 Å². The Labute approximate surface area is 196 Å². The smallest absolute Gasteiger partial charge is 0.287 e. The van der Waals surface area contributed by atoms with Crippen molar-refractivity contribution < 1.29 is 22.3 Å². The summed E-state index contributed by atoms with van der Waals surface area (Å²) in [6.45, 7) is 0. The third kappa shape index (κ3) is 4.03. The van der Waals surface area contributed by atoms with Crippen LogP contribution in [0.25, 0.3) is 10.9 Å². The van der Waals surface area contributed by atoms with Crippen LogP contribution in [0.3, 0.4) is 0 Å². The summed E-state index contributed by atoms with van der Waals surface area (Å²) in [6.07, 6.45) is 1.25. The molecule has 32 heavy (non-hydrogen) atoms. The van der Waals surface area contributed by atoms with Gasteiger partial charge in [0.25, 0.3) is 10.0 Å². The normalized spacial score (nSPS) is 11.6. The number of hydrogen-bond donors (Lipinski definition) is 0. The molecule has 0 saturated heterocycles. The molecular weight excluding hydrogens is 523 g/mol. The molecule has 0 saturated carbocycles. The van der Waals surface area contributed by atoms with Gasteiger partial charge in [-0.15, -0.1) is 0 Å². The third-order valence-corrected chi connectivity index (χ3v) is 7.27. The zero-order valence-corrected chi connectivity index (χ0v) is 19.7. The van der Waals surface area contributed by atoms with E-state index in [1.54, 1.807) is 18.2 Å². The fourth-order valence-electron chi connectivity index (χ4n) is 3.33. The topological polar surface area (TPSA) is 78.3 Å². The number of benzene rings is 3. The van der Waals surface area contributed by atoms with E-state index in [0.717, 1.165) is 10.2 Å². The monoisotopic (exact) mass is 536 g/mol. The van der Waals surface area contributed by atoms with E-state index >= 15 is 0 Å². The second kappa shape index (κ2) is 8.65. The number of methoxy groups -OCH3 is 1. The number of aromatic nitrogens is 2. The molecule has 1 aromatic heterocycles. The van der Waals surface area contributed by atoms with Crippen LogP contribution < -0.4 is 4.74 Å². The molecule has 3 aromatic carbocycles. The van der Waals surface area contributed by atoms with Crippen molar-refractivity contribution in [3.63, 3.8) is 0 Å². The molecule has 10 heteroatoms. The highest BCUT2D eigenvalue weighted by Crippen LogP contribution is 2.31. The van der Waals surface area contributed by atoms with Gasteiger partial charge in [-0.1, -0.05) is 45.7 Å².